The van der Waals surface area contributed by atoms with E-state index in [0.29, 0.717) is 13.1 Å². The van der Waals surface area contributed by atoms with Gasteiger partial charge in [-0.2, -0.15) is 0 Å². The Labute approximate surface area is 104 Å². The lowest BCUT2D eigenvalue weighted by Gasteiger charge is -2.07. The van der Waals surface area contributed by atoms with Crippen molar-refractivity contribution in [1.29, 1.82) is 0 Å². The number of aromatic hydroxyl groups is 2. The van der Waals surface area contributed by atoms with Gasteiger partial charge in [0.2, 0.25) is 0 Å². The molecule has 1 heterocycles. The third kappa shape index (κ3) is 2.79. The van der Waals surface area contributed by atoms with Crippen LogP contribution in [0.5, 0.6) is 11.5 Å². The molecule has 0 aliphatic carbocycles. The normalized spacial score (nSPS) is 10.2. The minimum atomic E-state index is -0.427. The van der Waals surface area contributed by atoms with Crippen LogP contribution in [0.1, 0.15) is 10.4 Å². The van der Waals surface area contributed by atoms with Gasteiger partial charge in [0, 0.05) is 25.5 Å². The van der Waals surface area contributed by atoms with Crippen LogP contribution >= 0.6 is 0 Å². The van der Waals surface area contributed by atoms with E-state index < -0.39 is 5.91 Å². The number of rotatable bonds is 4. The number of hydrogen-bond acceptors (Lipinski definition) is 4. The zero-order valence-electron chi connectivity index (χ0n) is 9.58. The van der Waals surface area contributed by atoms with Crippen LogP contribution < -0.4 is 5.32 Å². The lowest BCUT2D eigenvalue weighted by Crippen LogP contribution is -2.27. The Morgan fingerprint density at radius 1 is 1.39 bits per heavy atom. The van der Waals surface area contributed by atoms with Gasteiger partial charge in [0.05, 0.1) is 11.9 Å². The number of nitrogens with one attached hydrogen (secondary N) is 1. The first-order chi connectivity index (χ1) is 8.66. The molecule has 0 fully saturated rings. The predicted molar refractivity (Wildman–Crippen MR) is 64.3 cm³/mol. The predicted octanol–water partition coefficient (Wildman–Crippen LogP) is 0.724. The van der Waals surface area contributed by atoms with E-state index in [1.165, 1.54) is 18.2 Å². The second-order valence-electron chi connectivity index (χ2n) is 3.76. The van der Waals surface area contributed by atoms with Crippen molar-refractivity contribution < 1.29 is 15.0 Å². The molecule has 18 heavy (non-hydrogen) atoms. The van der Waals surface area contributed by atoms with Crippen molar-refractivity contribution in [1.82, 2.24) is 14.9 Å². The van der Waals surface area contributed by atoms with Crippen molar-refractivity contribution >= 4 is 5.91 Å². The minimum absolute atomic E-state index is 0.0561. The number of phenols is 2. The standard InChI is InChI=1S/C12H13N3O3/c16-9-1-2-11(17)10(7-9)12(18)14-4-6-15-5-3-13-8-15/h1-3,5,7-8,16-17H,4,6H2,(H,14,18). The van der Waals surface area contributed by atoms with Crippen molar-refractivity contribution in [3.63, 3.8) is 0 Å². The van der Waals surface area contributed by atoms with Crippen molar-refractivity contribution in [2.75, 3.05) is 6.54 Å². The summed E-state index contributed by atoms with van der Waals surface area (Å²) in [6, 6.07) is 3.82. The molecule has 1 aromatic heterocycles. The largest absolute Gasteiger partial charge is 0.508 e. The Bertz CT molecular complexity index is 538. The maximum atomic E-state index is 11.7. The fourth-order valence-electron chi connectivity index (χ4n) is 1.52. The summed E-state index contributed by atoms with van der Waals surface area (Å²) >= 11 is 0. The molecule has 0 spiro atoms. The Kier molecular flexibility index (Phi) is 3.47. The van der Waals surface area contributed by atoms with Crippen LogP contribution in [0.15, 0.2) is 36.9 Å². The van der Waals surface area contributed by atoms with Crippen LogP contribution in [-0.2, 0) is 6.54 Å². The van der Waals surface area contributed by atoms with E-state index in [4.69, 9.17) is 0 Å². The molecule has 1 aromatic carbocycles. The zero-order valence-corrected chi connectivity index (χ0v) is 9.58. The molecule has 1 amide bonds. The van der Waals surface area contributed by atoms with Gasteiger partial charge in [0.15, 0.2) is 0 Å². The third-order valence-corrected chi connectivity index (χ3v) is 2.44. The number of carbonyl (C=O) groups is 1. The molecule has 0 atom stereocenters. The molecule has 2 rings (SSSR count). The monoisotopic (exact) mass is 247 g/mol. The van der Waals surface area contributed by atoms with E-state index in [0.717, 1.165) is 0 Å². The summed E-state index contributed by atoms with van der Waals surface area (Å²) in [6.07, 6.45) is 5.10. The number of carbonyl (C=O) groups excluding carboxylic acids is 1. The molecule has 2 aromatic rings. The van der Waals surface area contributed by atoms with Crippen LogP contribution in [0.4, 0.5) is 0 Å². The summed E-state index contributed by atoms with van der Waals surface area (Å²) in [7, 11) is 0. The molecule has 0 aliphatic rings. The second kappa shape index (κ2) is 5.22. The Hall–Kier alpha value is -2.50. The Balaban J connectivity index is 1.93. The van der Waals surface area contributed by atoms with Crippen LogP contribution in [0, 0.1) is 0 Å². The van der Waals surface area contributed by atoms with Gasteiger partial charge in [-0.3, -0.25) is 4.79 Å². The molecule has 0 radical (unpaired) electrons. The van der Waals surface area contributed by atoms with Gasteiger partial charge >= 0.3 is 0 Å². The molecule has 94 valence electrons. The average Bonchev–Trinajstić information content (AvgIpc) is 2.85. The van der Waals surface area contributed by atoms with Crippen molar-refractivity contribution in [2.24, 2.45) is 0 Å². The van der Waals surface area contributed by atoms with Gasteiger partial charge in [0.25, 0.3) is 5.91 Å². The summed E-state index contributed by atoms with van der Waals surface area (Å²) < 4.78 is 1.82. The maximum absolute atomic E-state index is 11.7. The quantitative estimate of drug-likeness (QED) is 0.695. The molecule has 0 aliphatic heterocycles. The minimum Gasteiger partial charge on any atom is -0.508 e. The van der Waals surface area contributed by atoms with Gasteiger partial charge < -0.3 is 20.1 Å². The number of benzene rings is 1. The van der Waals surface area contributed by atoms with Crippen molar-refractivity contribution in [3.8, 4) is 11.5 Å². The lowest BCUT2D eigenvalue weighted by molar-refractivity contribution is 0.0949. The number of phenolic OH excluding ortho intramolecular Hbond substituents is 2. The molecule has 0 saturated carbocycles. The number of nitrogens with zero attached hydrogens (tertiary/aromatic N) is 2. The van der Waals surface area contributed by atoms with Crippen LogP contribution in [0.25, 0.3) is 0 Å². The first-order valence-corrected chi connectivity index (χ1v) is 5.43. The molecule has 0 saturated heterocycles. The van der Waals surface area contributed by atoms with Gasteiger partial charge in [0.1, 0.15) is 11.5 Å². The molecule has 0 bridgehead atoms. The fourth-order valence-corrected chi connectivity index (χ4v) is 1.52. The SMILES string of the molecule is O=C(NCCn1ccnc1)c1cc(O)ccc1O. The lowest BCUT2D eigenvalue weighted by atomic mass is 10.2. The summed E-state index contributed by atoms with van der Waals surface area (Å²) in [6.45, 7) is 0.996. The topological polar surface area (TPSA) is 87.4 Å². The number of imidazole rings is 1. The van der Waals surface area contributed by atoms with E-state index in [2.05, 4.69) is 10.3 Å². The molecule has 6 heteroatoms. The highest BCUT2D eigenvalue weighted by Crippen LogP contribution is 2.21. The van der Waals surface area contributed by atoms with Crippen LogP contribution in [0.3, 0.4) is 0 Å². The highest BCUT2D eigenvalue weighted by Gasteiger charge is 2.11. The molecule has 3 N–H and O–H groups in total. The van der Waals surface area contributed by atoms with E-state index in [-0.39, 0.29) is 17.1 Å². The fraction of sp³-hybridized carbons (Fsp3) is 0.167. The molecular formula is C12H13N3O3. The smallest absolute Gasteiger partial charge is 0.255 e. The number of amides is 1. The van der Waals surface area contributed by atoms with Gasteiger partial charge in [-0.15, -0.1) is 0 Å². The van der Waals surface area contributed by atoms with E-state index >= 15 is 0 Å². The maximum Gasteiger partial charge on any atom is 0.255 e. The average molecular weight is 247 g/mol. The van der Waals surface area contributed by atoms with Gasteiger partial charge in [-0.25, -0.2) is 4.98 Å². The summed E-state index contributed by atoms with van der Waals surface area (Å²) in [5.41, 5.74) is 0.0561. The molecular weight excluding hydrogens is 234 g/mol. The zero-order chi connectivity index (χ0) is 13.0. The van der Waals surface area contributed by atoms with Crippen molar-refractivity contribution in [3.05, 3.63) is 42.5 Å². The van der Waals surface area contributed by atoms with Gasteiger partial charge in [-0.05, 0) is 18.2 Å². The van der Waals surface area contributed by atoms with E-state index in [1.54, 1.807) is 18.7 Å². The van der Waals surface area contributed by atoms with Gasteiger partial charge in [-0.1, -0.05) is 0 Å². The Morgan fingerprint density at radius 2 is 2.22 bits per heavy atom. The summed E-state index contributed by atoms with van der Waals surface area (Å²) in [4.78, 5) is 15.6. The first kappa shape index (κ1) is 12.0. The summed E-state index contributed by atoms with van der Waals surface area (Å²) in [5, 5.41) is 21.4. The Morgan fingerprint density at radius 3 is 2.94 bits per heavy atom. The van der Waals surface area contributed by atoms with E-state index in [9.17, 15) is 15.0 Å². The number of aromatic nitrogens is 2. The van der Waals surface area contributed by atoms with Crippen LogP contribution in [0.2, 0.25) is 0 Å². The third-order valence-electron chi connectivity index (χ3n) is 2.44. The molecule has 6 nitrogen and oxygen atoms in total. The molecule has 0 unspecified atom stereocenters. The highest BCUT2D eigenvalue weighted by atomic mass is 16.3. The first-order valence-electron chi connectivity index (χ1n) is 5.43. The van der Waals surface area contributed by atoms with E-state index in [1.807, 2.05) is 4.57 Å². The summed E-state index contributed by atoms with van der Waals surface area (Å²) in [5.74, 6) is -0.649. The van der Waals surface area contributed by atoms with Crippen LogP contribution in [-0.4, -0.2) is 32.2 Å². The second-order valence-corrected chi connectivity index (χ2v) is 3.76. The highest BCUT2D eigenvalue weighted by molar-refractivity contribution is 5.97. The van der Waals surface area contributed by atoms with Crippen molar-refractivity contribution in [2.45, 2.75) is 6.54 Å². The number of hydrogen-bond donors (Lipinski definition) is 3.